The van der Waals surface area contributed by atoms with Crippen LogP contribution in [0.3, 0.4) is 0 Å². The lowest BCUT2D eigenvalue weighted by atomic mass is 9.99. The number of carbonyl (C=O) groups excluding carboxylic acids is 1. The topological polar surface area (TPSA) is 62.2 Å². The van der Waals surface area contributed by atoms with Gasteiger partial charge in [0, 0.05) is 12.4 Å². The van der Waals surface area contributed by atoms with E-state index in [4.69, 9.17) is 23.2 Å². The van der Waals surface area contributed by atoms with Gasteiger partial charge in [0.1, 0.15) is 12.8 Å². The molecule has 0 radical (unpaired) electrons. The van der Waals surface area contributed by atoms with Crippen molar-refractivity contribution in [3.05, 3.63) is 54.4 Å². The zero-order chi connectivity index (χ0) is 16.8. The molecule has 0 bridgehead atoms. The lowest BCUT2D eigenvalue weighted by Gasteiger charge is -2.22. The van der Waals surface area contributed by atoms with Crippen LogP contribution in [0.5, 0.6) is 0 Å². The fourth-order valence-electron chi connectivity index (χ4n) is 2.10. The van der Waals surface area contributed by atoms with E-state index in [1.165, 1.54) is 0 Å². The van der Waals surface area contributed by atoms with Crippen LogP contribution in [0.2, 0.25) is 0 Å². The summed E-state index contributed by atoms with van der Waals surface area (Å²) in [6.07, 6.45) is 2.16. The predicted octanol–water partition coefficient (Wildman–Crippen LogP) is 3.04. The van der Waals surface area contributed by atoms with Gasteiger partial charge in [0.15, 0.2) is 4.84 Å². The van der Waals surface area contributed by atoms with Crippen LogP contribution in [0.25, 0.3) is 11.1 Å². The highest BCUT2D eigenvalue weighted by atomic mass is 35.5. The van der Waals surface area contributed by atoms with Crippen molar-refractivity contribution in [3.8, 4) is 11.1 Å². The van der Waals surface area contributed by atoms with E-state index >= 15 is 0 Å². The molecule has 0 saturated heterocycles. The highest BCUT2D eigenvalue weighted by molar-refractivity contribution is 6.53. The minimum atomic E-state index is -1.31. The van der Waals surface area contributed by atoms with Gasteiger partial charge >= 0.3 is 0 Å². The number of nitrogens with zero attached hydrogens (tertiary/aromatic N) is 1. The number of benzene rings is 1. The smallest absolute Gasteiger partial charge is 0.253 e. The van der Waals surface area contributed by atoms with Gasteiger partial charge < -0.3 is 10.4 Å². The summed E-state index contributed by atoms with van der Waals surface area (Å²) in [7, 11) is 0. The molecule has 0 aliphatic heterocycles. The fourth-order valence-corrected chi connectivity index (χ4v) is 2.22. The van der Waals surface area contributed by atoms with Gasteiger partial charge in [0.05, 0.1) is 6.04 Å². The van der Waals surface area contributed by atoms with Gasteiger partial charge in [-0.05, 0) is 28.8 Å². The van der Waals surface area contributed by atoms with Gasteiger partial charge in [-0.15, -0.1) is 0 Å². The summed E-state index contributed by atoms with van der Waals surface area (Å²) < 4.78 is 13.1. The van der Waals surface area contributed by atoms with Crippen LogP contribution < -0.4 is 5.32 Å². The number of halogens is 3. The average Bonchev–Trinajstić information content (AvgIpc) is 2.59. The zero-order valence-corrected chi connectivity index (χ0v) is 13.5. The monoisotopic (exact) mass is 356 g/mol. The van der Waals surface area contributed by atoms with Gasteiger partial charge in [-0.2, -0.15) is 0 Å². The molecular formula is C16H15Cl2FN2O2. The lowest BCUT2D eigenvalue weighted by molar-refractivity contribution is -0.121. The van der Waals surface area contributed by atoms with Gasteiger partial charge in [0.2, 0.25) is 0 Å². The van der Waals surface area contributed by atoms with Crippen molar-refractivity contribution in [2.24, 2.45) is 0 Å². The Morgan fingerprint density at radius 1 is 1.13 bits per heavy atom. The van der Waals surface area contributed by atoms with E-state index < -0.39 is 29.6 Å². The van der Waals surface area contributed by atoms with Crippen molar-refractivity contribution >= 4 is 29.1 Å². The van der Waals surface area contributed by atoms with Crippen LogP contribution in [0.15, 0.2) is 48.8 Å². The number of aliphatic hydroxyl groups is 1. The summed E-state index contributed by atoms with van der Waals surface area (Å²) in [5, 5.41) is 12.5. The molecule has 0 fully saturated rings. The SMILES string of the molecule is O=C(NC(CF)C(O)c1ccc(-c2ccncc2)cc1)C(Cl)Cl. The Hall–Kier alpha value is -1.69. The number of nitrogens with one attached hydrogen (secondary N) is 1. The first-order valence-corrected chi connectivity index (χ1v) is 7.73. The summed E-state index contributed by atoms with van der Waals surface area (Å²) >= 11 is 10.8. The molecule has 0 spiro atoms. The molecule has 1 aromatic carbocycles. The third-order valence-corrected chi connectivity index (χ3v) is 3.74. The third-order valence-electron chi connectivity index (χ3n) is 3.34. The Bertz CT molecular complexity index is 638. The maximum Gasteiger partial charge on any atom is 0.253 e. The van der Waals surface area contributed by atoms with Crippen molar-refractivity contribution in [1.29, 1.82) is 0 Å². The molecule has 0 aliphatic carbocycles. The van der Waals surface area contributed by atoms with Crippen molar-refractivity contribution in [1.82, 2.24) is 10.3 Å². The van der Waals surface area contributed by atoms with E-state index in [0.717, 1.165) is 11.1 Å². The van der Waals surface area contributed by atoms with Gasteiger partial charge in [0.25, 0.3) is 5.91 Å². The summed E-state index contributed by atoms with van der Waals surface area (Å²) in [5.74, 6) is -0.747. The molecule has 0 aliphatic rings. The molecule has 2 aromatic rings. The van der Waals surface area contributed by atoms with Crippen LogP contribution in [-0.4, -0.2) is 33.6 Å². The summed E-state index contributed by atoms with van der Waals surface area (Å²) in [4.78, 5) is 14.1. The quantitative estimate of drug-likeness (QED) is 0.782. The molecule has 122 valence electrons. The molecule has 1 aromatic heterocycles. The number of aromatic nitrogens is 1. The van der Waals surface area contributed by atoms with Crippen LogP contribution in [-0.2, 0) is 4.79 Å². The maximum absolute atomic E-state index is 13.1. The molecular weight excluding hydrogens is 342 g/mol. The van der Waals surface area contributed by atoms with Gasteiger partial charge in [-0.25, -0.2) is 4.39 Å². The van der Waals surface area contributed by atoms with E-state index in [2.05, 4.69) is 10.3 Å². The molecule has 1 heterocycles. The lowest BCUT2D eigenvalue weighted by Crippen LogP contribution is -2.43. The first-order chi connectivity index (χ1) is 11.0. The number of rotatable bonds is 6. The van der Waals surface area contributed by atoms with E-state index in [-0.39, 0.29) is 0 Å². The Morgan fingerprint density at radius 2 is 1.70 bits per heavy atom. The Labute approximate surface area is 143 Å². The zero-order valence-electron chi connectivity index (χ0n) is 12.0. The molecule has 7 heteroatoms. The maximum atomic E-state index is 13.1. The van der Waals surface area contributed by atoms with Crippen molar-refractivity contribution in [3.63, 3.8) is 0 Å². The molecule has 4 nitrogen and oxygen atoms in total. The number of carbonyl (C=O) groups is 1. The van der Waals surface area contributed by atoms with Crippen LogP contribution in [0.1, 0.15) is 11.7 Å². The van der Waals surface area contributed by atoms with Gasteiger partial charge in [-0.1, -0.05) is 47.5 Å². The predicted molar refractivity (Wildman–Crippen MR) is 88.0 cm³/mol. The molecule has 2 unspecified atom stereocenters. The number of hydrogen-bond acceptors (Lipinski definition) is 3. The first-order valence-electron chi connectivity index (χ1n) is 6.86. The first kappa shape index (κ1) is 17.7. The molecule has 2 N–H and O–H groups in total. The second-order valence-corrected chi connectivity index (χ2v) is 5.97. The molecule has 2 atom stereocenters. The molecule has 2 rings (SSSR count). The Morgan fingerprint density at radius 3 is 2.22 bits per heavy atom. The van der Waals surface area contributed by atoms with Crippen molar-refractivity contribution in [2.75, 3.05) is 6.67 Å². The second-order valence-electron chi connectivity index (χ2n) is 4.87. The number of alkyl halides is 3. The van der Waals surface area contributed by atoms with Crippen molar-refractivity contribution in [2.45, 2.75) is 17.0 Å². The minimum absolute atomic E-state index is 0.478. The average molecular weight is 357 g/mol. The Balaban J connectivity index is 2.12. The molecule has 0 saturated carbocycles. The highest BCUT2D eigenvalue weighted by Crippen LogP contribution is 2.23. The summed E-state index contributed by atoms with van der Waals surface area (Å²) in [6, 6.07) is 9.55. The summed E-state index contributed by atoms with van der Waals surface area (Å²) in [5.41, 5.74) is 2.39. The largest absolute Gasteiger partial charge is 0.386 e. The summed E-state index contributed by atoms with van der Waals surface area (Å²) in [6.45, 7) is -0.945. The standard InChI is InChI=1S/C16H15Cl2FN2O2/c17-15(18)16(23)21-13(9-19)14(22)12-3-1-10(2-4-12)11-5-7-20-8-6-11/h1-8,13-15,22H,9H2,(H,21,23). The van der Waals surface area contributed by atoms with Gasteiger partial charge in [-0.3, -0.25) is 9.78 Å². The van der Waals surface area contributed by atoms with Crippen molar-refractivity contribution < 1.29 is 14.3 Å². The Kier molecular flexibility index (Phi) is 6.33. The molecule has 23 heavy (non-hydrogen) atoms. The van der Waals surface area contributed by atoms with E-state index in [9.17, 15) is 14.3 Å². The van der Waals surface area contributed by atoms with Crippen LogP contribution >= 0.6 is 23.2 Å². The molecule has 1 amide bonds. The minimum Gasteiger partial charge on any atom is -0.386 e. The van der Waals surface area contributed by atoms with Crippen LogP contribution in [0, 0.1) is 0 Å². The fraction of sp³-hybridized carbons (Fsp3) is 0.250. The van der Waals surface area contributed by atoms with Crippen LogP contribution in [0.4, 0.5) is 4.39 Å². The van der Waals surface area contributed by atoms with E-state index in [1.54, 1.807) is 36.7 Å². The number of pyridine rings is 1. The van der Waals surface area contributed by atoms with E-state index in [1.807, 2.05) is 12.1 Å². The third kappa shape index (κ3) is 4.64. The number of hydrogen-bond donors (Lipinski definition) is 2. The van der Waals surface area contributed by atoms with E-state index in [0.29, 0.717) is 5.56 Å². The number of aliphatic hydroxyl groups excluding tert-OH is 1. The normalized spacial score (nSPS) is 13.6. The number of amides is 1. The second kappa shape index (κ2) is 8.24. The highest BCUT2D eigenvalue weighted by Gasteiger charge is 2.25.